The minimum Gasteiger partial charge on any atom is -0.375 e. The van der Waals surface area contributed by atoms with Crippen LogP contribution in [0.2, 0.25) is 0 Å². The minimum atomic E-state index is -0.0312. The van der Waals surface area contributed by atoms with E-state index in [4.69, 9.17) is 5.73 Å². The van der Waals surface area contributed by atoms with E-state index in [0.717, 1.165) is 37.8 Å². The van der Waals surface area contributed by atoms with Crippen LogP contribution in [0.3, 0.4) is 0 Å². The molecule has 0 aliphatic rings. The number of aromatic nitrogens is 1. The van der Waals surface area contributed by atoms with Crippen LogP contribution in [0.5, 0.6) is 0 Å². The first-order valence-corrected chi connectivity index (χ1v) is 7.43. The number of nitrogens with zero attached hydrogens (tertiary/aromatic N) is 1. The Labute approximate surface area is 113 Å². The van der Waals surface area contributed by atoms with Gasteiger partial charge in [-0.15, -0.1) is 0 Å². The first-order valence-electron chi connectivity index (χ1n) is 6.62. The molecule has 102 valence electrons. The zero-order valence-electron chi connectivity index (χ0n) is 11.5. The number of nitrogens with two attached hydrogens (primary N) is 1. The Bertz CT molecular complexity index is 390. The maximum atomic E-state index is 12.1. The van der Waals surface area contributed by atoms with Gasteiger partial charge in [0.25, 0.3) is 5.91 Å². The first kappa shape index (κ1) is 15.0. The number of nitrogen functional groups attached to an aromatic ring is 1. The van der Waals surface area contributed by atoms with Gasteiger partial charge in [-0.25, -0.2) is 4.98 Å². The third-order valence-electron chi connectivity index (χ3n) is 2.90. The van der Waals surface area contributed by atoms with Crippen LogP contribution in [-0.2, 0) is 0 Å². The van der Waals surface area contributed by atoms with Gasteiger partial charge in [0.15, 0.2) is 5.13 Å². The summed E-state index contributed by atoms with van der Waals surface area (Å²) in [5, 5.41) is 3.56. The van der Waals surface area contributed by atoms with E-state index in [2.05, 4.69) is 24.1 Å². The highest BCUT2D eigenvalue weighted by atomic mass is 32.1. The van der Waals surface area contributed by atoms with Crippen molar-refractivity contribution in [2.24, 2.45) is 0 Å². The van der Waals surface area contributed by atoms with Crippen LogP contribution in [0.4, 0.5) is 5.13 Å². The molecule has 0 fully saturated rings. The number of rotatable bonds is 7. The lowest BCUT2D eigenvalue weighted by molar-refractivity contribution is 0.0935. The lowest BCUT2D eigenvalue weighted by Gasteiger charge is -2.17. The molecule has 3 N–H and O–H groups in total. The van der Waals surface area contributed by atoms with E-state index in [1.165, 1.54) is 11.3 Å². The van der Waals surface area contributed by atoms with E-state index in [-0.39, 0.29) is 11.9 Å². The summed E-state index contributed by atoms with van der Waals surface area (Å²) < 4.78 is 0. The van der Waals surface area contributed by atoms with Crippen LogP contribution < -0.4 is 11.1 Å². The lowest BCUT2D eigenvalue weighted by atomic mass is 10.1. The Kier molecular flexibility index (Phi) is 6.12. The summed E-state index contributed by atoms with van der Waals surface area (Å²) in [5.41, 5.74) is 6.34. The molecule has 1 aromatic rings. The molecular weight excluding hydrogens is 246 g/mol. The molecule has 0 spiro atoms. The maximum absolute atomic E-state index is 12.1. The highest BCUT2D eigenvalue weighted by Crippen LogP contribution is 2.20. The highest BCUT2D eigenvalue weighted by Gasteiger charge is 2.17. The standard InChI is InChI=1S/C13H23N3OS/c1-4-6-8-10(7-5-2)16-12(17)11-9(3)15-13(14)18-11/h10H,4-8H2,1-3H3,(H2,14,15)(H,16,17). The van der Waals surface area contributed by atoms with Gasteiger partial charge in [-0.3, -0.25) is 4.79 Å². The number of hydrogen-bond acceptors (Lipinski definition) is 4. The fraction of sp³-hybridized carbons (Fsp3) is 0.692. The second-order valence-corrected chi connectivity index (χ2v) is 5.60. The van der Waals surface area contributed by atoms with Crippen LogP contribution in [0.1, 0.15) is 61.3 Å². The SMILES string of the molecule is CCCCC(CCC)NC(=O)c1sc(N)nc1C. The summed E-state index contributed by atoms with van der Waals surface area (Å²) in [4.78, 5) is 16.9. The fourth-order valence-corrected chi connectivity index (χ4v) is 2.70. The van der Waals surface area contributed by atoms with Crippen molar-refractivity contribution in [3.8, 4) is 0 Å². The normalized spacial score (nSPS) is 12.4. The van der Waals surface area contributed by atoms with Crippen molar-refractivity contribution in [2.45, 2.75) is 58.9 Å². The van der Waals surface area contributed by atoms with Crippen molar-refractivity contribution in [2.75, 3.05) is 5.73 Å². The molecule has 5 heteroatoms. The molecule has 1 aromatic heterocycles. The van der Waals surface area contributed by atoms with Crippen molar-refractivity contribution in [1.29, 1.82) is 0 Å². The van der Waals surface area contributed by atoms with Gasteiger partial charge in [-0.2, -0.15) is 0 Å². The zero-order valence-corrected chi connectivity index (χ0v) is 12.3. The van der Waals surface area contributed by atoms with Crippen molar-refractivity contribution in [1.82, 2.24) is 10.3 Å². The third-order valence-corrected chi connectivity index (χ3v) is 3.88. The van der Waals surface area contributed by atoms with Crippen LogP contribution in [0.25, 0.3) is 0 Å². The predicted octanol–water partition coefficient (Wildman–Crippen LogP) is 3.12. The summed E-state index contributed by atoms with van der Waals surface area (Å²) in [7, 11) is 0. The molecule has 0 aliphatic carbocycles. The number of nitrogens with one attached hydrogen (secondary N) is 1. The molecule has 0 saturated carbocycles. The molecule has 0 aliphatic heterocycles. The van der Waals surface area contributed by atoms with Crippen molar-refractivity contribution >= 4 is 22.4 Å². The smallest absolute Gasteiger partial charge is 0.263 e. The van der Waals surface area contributed by atoms with Crippen LogP contribution in [0, 0.1) is 6.92 Å². The van der Waals surface area contributed by atoms with Gasteiger partial charge in [0.2, 0.25) is 0 Å². The summed E-state index contributed by atoms with van der Waals surface area (Å²) in [6.45, 7) is 6.13. The predicted molar refractivity (Wildman–Crippen MR) is 77.0 cm³/mol. The molecule has 1 atom stereocenters. The molecular formula is C13H23N3OS. The first-order chi connectivity index (χ1) is 8.58. The van der Waals surface area contributed by atoms with Gasteiger partial charge in [0.05, 0.1) is 5.69 Å². The van der Waals surface area contributed by atoms with Gasteiger partial charge in [0.1, 0.15) is 4.88 Å². The van der Waals surface area contributed by atoms with Gasteiger partial charge >= 0.3 is 0 Å². The Hall–Kier alpha value is -1.10. The summed E-state index contributed by atoms with van der Waals surface area (Å²) in [6.07, 6.45) is 5.46. The highest BCUT2D eigenvalue weighted by molar-refractivity contribution is 7.17. The number of aryl methyl sites for hydroxylation is 1. The molecule has 4 nitrogen and oxygen atoms in total. The Morgan fingerprint density at radius 2 is 2.11 bits per heavy atom. The monoisotopic (exact) mass is 269 g/mol. The molecule has 1 heterocycles. The molecule has 0 saturated heterocycles. The molecule has 0 aromatic carbocycles. The topological polar surface area (TPSA) is 68.0 Å². The quantitative estimate of drug-likeness (QED) is 0.799. The second kappa shape index (κ2) is 7.36. The molecule has 18 heavy (non-hydrogen) atoms. The minimum absolute atomic E-state index is 0.0312. The van der Waals surface area contributed by atoms with Crippen LogP contribution in [-0.4, -0.2) is 16.9 Å². The number of carbonyl (C=O) groups is 1. The van der Waals surface area contributed by atoms with Crippen LogP contribution >= 0.6 is 11.3 Å². The van der Waals surface area contributed by atoms with Gasteiger partial charge in [-0.05, 0) is 19.8 Å². The zero-order chi connectivity index (χ0) is 13.5. The lowest BCUT2D eigenvalue weighted by Crippen LogP contribution is -2.34. The van der Waals surface area contributed by atoms with E-state index in [1.54, 1.807) is 0 Å². The van der Waals surface area contributed by atoms with Crippen molar-refractivity contribution < 1.29 is 4.79 Å². The number of carbonyl (C=O) groups excluding carboxylic acids is 1. The molecule has 0 bridgehead atoms. The van der Waals surface area contributed by atoms with E-state index in [9.17, 15) is 4.79 Å². The van der Waals surface area contributed by atoms with Crippen LogP contribution in [0.15, 0.2) is 0 Å². The molecule has 1 rings (SSSR count). The summed E-state index contributed by atoms with van der Waals surface area (Å²) in [6, 6.07) is 0.269. The number of amides is 1. The van der Waals surface area contributed by atoms with E-state index in [1.807, 2.05) is 6.92 Å². The third kappa shape index (κ3) is 4.29. The number of anilines is 1. The number of unbranched alkanes of at least 4 members (excludes halogenated alkanes) is 1. The number of hydrogen-bond donors (Lipinski definition) is 2. The summed E-state index contributed by atoms with van der Waals surface area (Å²) in [5.74, 6) is -0.0312. The Morgan fingerprint density at radius 3 is 2.61 bits per heavy atom. The van der Waals surface area contributed by atoms with Crippen molar-refractivity contribution in [3.05, 3.63) is 10.6 Å². The van der Waals surface area contributed by atoms with Gasteiger partial charge in [0, 0.05) is 6.04 Å². The second-order valence-electron chi connectivity index (χ2n) is 4.57. The largest absolute Gasteiger partial charge is 0.375 e. The van der Waals surface area contributed by atoms with Gasteiger partial charge in [-0.1, -0.05) is 44.4 Å². The van der Waals surface area contributed by atoms with E-state index in [0.29, 0.717) is 10.0 Å². The summed E-state index contributed by atoms with van der Waals surface area (Å²) >= 11 is 1.26. The Balaban J connectivity index is 2.62. The average Bonchev–Trinajstić information content (AvgIpc) is 2.65. The van der Waals surface area contributed by atoms with E-state index >= 15 is 0 Å². The van der Waals surface area contributed by atoms with E-state index < -0.39 is 0 Å². The van der Waals surface area contributed by atoms with Crippen molar-refractivity contribution in [3.63, 3.8) is 0 Å². The fourth-order valence-electron chi connectivity index (χ4n) is 1.97. The molecule has 1 amide bonds. The molecule has 1 unspecified atom stereocenters. The Morgan fingerprint density at radius 1 is 1.39 bits per heavy atom. The maximum Gasteiger partial charge on any atom is 0.263 e. The van der Waals surface area contributed by atoms with Gasteiger partial charge < -0.3 is 11.1 Å². The average molecular weight is 269 g/mol. The molecule has 0 radical (unpaired) electrons. The number of thiazole rings is 1.